The van der Waals surface area contributed by atoms with Crippen LogP contribution < -0.4 is 5.32 Å². The molecule has 2 aromatic rings. The molecule has 0 atom stereocenters. The Morgan fingerprint density at radius 1 is 1.33 bits per heavy atom. The molecule has 128 valence electrons. The molecule has 0 radical (unpaired) electrons. The second-order valence-electron chi connectivity index (χ2n) is 5.24. The van der Waals surface area contributed by atoms with E-state index in [1.165, 1.54) is 0 Å². The molecule has 8 heteroatoms. The molecule has 2 rings (SSSR count). The highest BCUT2D eigenvalue weighted by Crippen LogP contribution is 2.20. The largest absolute Gasteiger partial charge is 0.466 e. The van der Waals surface area contributed by atoms with Crippen LogP contribution in [-0.2, 0) is 20.7 Å². The number of H-pyrrole nitrogens is 1. The van der Waals surface area contributed by atoms with E-state index in [-0.39, 0.29) is 13.0 Å². The number of amides is 1. The second kappa shape index (κ2) is 8.19. The number of aryl methyl sites for hydroxylation is 2. The minimum atomic E-state index is -0.570. The number of ether oxygens (including phenoxy) is 1. The van der Waals surface area contributed by atoms with Crippen LogP contribution in [0.3, 0.4) is 0 Å². The van der Waals surface area contributed by atoms with E-state index in [0.29, 0.717) is 17.2 Å². The summed E-state index contributed by atoms with van der Waals surface area (Å²) in [6.45, 7) is 5.89. The van der Waals surface area contributed by atoms with Gasteiger partial charge in [0.15, 0.2) is 5.82 Å². The highest BCUT2D eigenvalue weighted by molar-refractivity contribution is 6.01. The zero-order valence-electron chi connectivity index (χ0n) is 14.0. The Kier molecular flexibility index (Phi) is 6.00. The molecule has 24 heavy (non-hydrogen) atoms. The van der Waals surface area contributed by atoms with Crippen molar-refractivity contribution in [3.05, 3.63) is 23.7 Å². The van der Waals surface area contributed by atoms with Gasteiger partial charge in [-0.3, -0.25) is 24.7 Å². The van der Waals surface area contributed by atoms with E-state index >= 15 is 0 Å². The molecule has 0 spiro atoms. The fourth-order valence-corrected chi connectivity index (χ4v) is 2.21. The molecule has 0 bridgehead atoms. The molecule has 2 aromatic heterocycles. The van der Waals surface area contributed by atoms with Crippen molar-refractivity contribution in [3.8, 4) is 11.4 Å². The molecule has 0 saturated heterocycles. The number of aromatic amines is 1. The number of esters is 1. The maximum absolute atomic E-state index is 11.7. The zero-order chi connectivity index (χ0) is 17.5. The normalized spacial score (nSPS) is 10.5. The van der Waals surface area contributed by atoms with Crippen LogP contribution in [0, 0.1) is 6.92 Å². The molecule has 0 aliphatic carbocycles. The number of hydrogen-bond donors (Lipinski definition) is 2. The number of carbonyl (C=O) groups excluding carboxylic acids is 2. The summed E-state index contributed by atoms with van der Waals surface area (Å²) in [7, 11) is 0. The van der Waals surface area contributed by atoms with E-state index in [4.69, 9.17) is 4.74 Å². The number of nitrogens with zero attached hydrogens (tertiary/aromatic N) is 3. The summed E-state index contributed by atoms with van der Waals surface area (Å²) in [6, 6.07) is 1.65. The number of nitrogens with one attached hydrogen (secondary N) is 2. The van der Waals surface area contributed by atoms with E-state index in [1.54, 1.807) is 19.2 Å². The lowest BCUT2D eigenvalue weighted by Crippen LogP contribution is -2.18. The number of aromatic nitrogens is 4. The minimum absolute atomic E-state index is 0.241. The lowest BCUT2D eigenvalue weighted by atomic mass is 10.2. The summed E-state index contributed by atoms with van der Waals surface area (Å²) in [4.78, 5) is 31.9. The quantitative estimate of drug-likeness (QED) is 0.593. The molecule has 2 N–H and O–H groups in total. The Morgan fingerprint density at radius 2 is 2.12 bits per heavy atom. The van der Waals surface area contributed by atoms with Gasteiger partial charge in [-0.05, 0) is 20.3 Å². The third-order valence-electron chi connectivity index (χ3n) is 3.21. The van der Waals surface area contributed by atoms with Crippen LogP contribution in [0.2, 0.25) is 0 Å². The molecule has 2 heterocycles. The first-order chi connectivity index (χ1) is 11.5. The number of anilines is 1. The predicted octanol–water partition coefficient (Wildman–Crippen LogP) is 2.02. The Morgan fingerprint density at radius 3 is 2.79 bits per heavy atom. The van der Waals surface area contributed by atoms with Crippen molar-refractivity contribution in [2.24, 2.45) is 0 Å². The monoisotopic (exact) mass is 331 g/mol. The van der Waals surface area contributed by atoms with Gasteiger partial charge in [0.2, 0.25) is 5.91 Å². The topological polar surface area (TPSA) is 110 Å². The molecule has 0 unspecified atom stereocenters. The Bertz CT molecular complexity index is 726. The van der Waals surface area contributed by atoms with Gasteiger partial charge >= 0.3 is 5.97 Å². The number of carbonyl (C=O) groups is 2. The predicted molar refractivity (Wildman–Crippen MR) is 88.2 cm³/mol. The van der Waals surface area contributed by atoms with Gasteiger partial charge in [-0.25, -0.2) is 0 Å². The van der Waals surface area contributed by atoms with Gasteiger partial charge in [0.25, 0.3) is 0 Å². The van der Waals surface area contributed by atoms with Crippen LogP contribution in [0.4, 0.5) is 5.82 Å². The highest BCUT2D eigenvalue weighted by atomic mass is 16.5. The van der Waals surface area contributed by atoms with Crippen molar-refractivity contribution in [3.63, 3.8) is 0 Å². The maximum Gasteiger partial charge on any atom is 0.315 e. The molecular formula is C16H21N5O3. The summed E-state index contributed by atoms with van der Waals surface area (Å²) in [5.41, 5.74) is 3.05. The summed E-state index contributed by atoms with van der Waals surface area (Å²) >= 11 is 0. The van der Waals surface area contributed by atoms with Crippen molar-refractivity contribution < 1.29 is 14.3 Å². The Hall–Kier alpha value is -2.77. The molecule has 0 aliphatic heterocycles. The van der Waals surface area contributed by atoms with Gasteiger partial charge in [0.05, 0.1) is 23.7 Å². The first-order valence-electron chi connectivity index (χ1n) is 7.87. The first-order valence-corrected chi connectivity index (χ1v) is 7.87. The Balaban J connectivity index is 2.05. The molecule has 0 aliphatic rings. The summed E-state index contributed by atoms with van der Waals surface area (Å²) < 4.78 is 4.73. The van der Waals surface area contributed by atoms with Gasteiger partial charge in [-0.15, -0.1) is 0 Å². The molecule has 0 aromatic carbocycles. The summed E-state index contributed by atoms with van der Waals surface area (Å²) in [5, 5.41) is 9.37. The number of hydrogen-bond acceptors (Lipinski definition) is 6. The number of rotatable bonds is 7. The van der Waals surface area contributed by atoms with Gasteiger partial charge < -0.3 is 10.1 Å². The molecule has 0 saturated carbocycles. The van der Waals surface area contributed by atoms with Crippen molar-refractivity contribution in [2.75, 3.05) is 11.9 Å². The average Bonchev–Trinajstić information content (AvgIpc) is 2.95. The Labute approximate surface area is 140 Å². The van der Waals surface area contributed by atoms with Crippen LogP contribution in [0.1, 0.15) is 38.1 Å². The minimum Gasteiger partial charge on any atom is -0.466 e. The molecule has 0 fully saturated rings. The first kappa shape index (κ1) is 17.6. The van der Waals surface area contributed by atoms with E-state index in [0.717, 1.165) is 24.2 Å². The summed E-state index contributed by atoms with van der Waals surface area (Å²) in [6.07, 6.45) is 3.28. The van der Waals surface area contributed by atoms with Gasteiger partial charge in [-0.1, -0.05) is 13.3 Å². The smallest absolute Gasteiger partial charge is 0.315 e. The van der Waals surface area contributed by atoms with E-state index in [9.17, 15) is 9.59 Å². The van der Waals surface area contributed by atoms with Crippen LogP contribution >= 0.6 is 0 Å². The second-order valence-corrected chi connectivity index (χ2v) is 5.24. The molecule has 1 amide bonds. The van der Waals surface area contributed by atoms with Gasteiger partial charge in [0, 0.05) is 12.3 Å². The van der Waals surface area contributed by atoms with E-state index in [2.05, 4.69) is 32.4 Å². The third-order valence-corrected chi connectivity index (χ3v) is 3.21. The van der Waals surface area contributed by atoms with Gasteiger partial charge in [0.1, 0.15) is 12.1 Å². The highest BCUT2D eigenvalue weighted by Gasteiger charge is 2.14. The van der Waals surface area contributed by atoms with Crippen molar-refractivity contribution in [2.45, 2.75) is 40.0 Å². The SMILES string of the molecule is CCCc1cnc(-c2cc(NC(=O)CC(=O)OCC)n[nH]2)c(C)n1. The average molecular weight is 331 g/mol. The lowest BCUT2D eigenvalue weighted by molar-refractivity contribution is -0.145. The fraction of sp³-hybridized carbons (Fsp3) is 0.438. The third kappa shape index (κ3) is 4.61. The summed E-state index contributed by atoms with van der Waals surface area (Å²) in [5.74, 6) is -0.732. The molecule has 8 nitrogen and oxygen atoms in total. The van der Waals surface area contributed by atoms with Crippen LogP contribution in [0.15, 0.2) is 12.3 Å². The van der Waals surface area contributed by atoms with E-state index < -0.39 is 11.9 Å². The van der Waals surface area contributed by atoms with Gasteiger partial charge in [-0.2, -0.15) is 5.10 Å². The standard InChI is InChI=1S/C16H21N5O3/c1-4-6-11-9-17-16(10(3)18-11)12-7-13(21-20-12)19-14(22)8-15(23)24-5-2/h7,9H,4-6,8H2,1-3H3,(H2,19,20,21,22). The van der Waals surface area contributed by atoms with Crippen molar-refractivity contribution in [1.29, 1.82) is 0 Å². The molecular weight excluding hydrogens is 310 g/mol. The van der Waals surface area contributed by atoms with Crippen molar-refractivity contribution >= 4 is 17.7 Å². The fourth-order valence-electron chi connectivity index (χ4n) is 2.21. The zero-order valence-corrected chi connectivity index (χ0v) is 14.0. The lowest BCUT2D eigenvalue weighted by Gasteiger charge is -2.04. The maximum atomic E-state index is 11.7. The van der Waals surface area contributed by atoms with E-state index in [1.807, 2.05) is 6.92 Å². The van der Waals surface area contributed by atoms with Crippen LogP contribution in [0.5, 0.6) is 0 Å². The van der Waals surface area contributed by atoms with Crippen LogP contribution in [-0.4, -0.2) is 38.6 Å². The van der Waals surface area contributed by atoms with Crippen molar-refractivity contribution in [1.82, 2.24) is 20.2 Å². The van der Waals surface area contributed by atoms with Crippen LogP contribution in [0.25, 0.3) is 11.4 Å².